The molecule has 9 atom stereocenters. The zero-order valence-corrected chi connectivity index (χ0v) is 76.5. The number of likely N-dealkylation sites (N-methyl/N-ethyl adjacent to an activating group) is 3. The van der Waals surface area contributed by atoms with Gasteiger partial charge < -0.3 is 100 Å². The first kappa shape index (κ1) is 102. The molecule has 6 aliphatic rings. The lowest BCUT2D eigenvalue weighted by Crippen LogP contribution is -2.52. The van der Waals surface area contributed by atoms with E-state index in [1.807, 2.05) is 144 Å². The van der Waals surface area contributed by atoms with Crippen LogP contribution in [0.4, 0.5) is 33.6 Å². The first-order valence-corrected chi connectivity index (χ1v) is 46.4. The van der Waals surface area contributed by atoms with E-state index in [4.69, 9.17) is 52.6 Å². The number of piperidine rings is 3. The molecule has 0 unspecified atom stereocenters. The molecule has 692 valence electrons. The number of nitrogens with zero attached hydrogens (tertiary/aromatic N) is 4. The van der Waals surface area contributed by atoms with Crippen LogP contribution in [0.15, 0.2) is 140 Å². The Kier molecular flexibility index (Phi) is 47.7. The van der Waals surface area contributed by atoms with Gasteiger partial charge in [0.25, 0.3) is 0 Å². The number of carbonyl (C=O) groups is 7. The molecule has 29 heteroatoms. The number of hydrogen-bond donors (Lipinski definition) is 8. The average Bonchev–Trinajstić information content (AvgIpc) is 0.759. The molecule has 5 aromatic carbocycles. The van der Waals surface area contributed by atoms with E-state index < -0.39 is 24.4 Å². The number of likely N-dealkylation sites (tertiary alicyclic amines) is 2. The fourth-order valence-corrected chi connectivity index (χ4v) is 18.4. The van der Waals surface area contributed by atoms with Crippen LogP contribution in [-0.4, -0.2) is 221 Å². The SMILES string of the molecule is CN(C[C@@H](N)CC1CCCCC1)C(=O)OCc1ccccc1.CNC[C@H](CC1CCCCC1)NC(=O)N1CCC[C@@H]([C@@H](OCCNC(=O)OC)c2ccccc2)C1.COC(=O)NCCO[C@@H](c1cccc(Cl)c1)[C@@H]1CCCN(C(=O)N[C@@H](CC2CCCCC2)CN(C)C(=O)OCc2ccccc2)C1.COC(=O)NCCO[C@@H](c1cccc(Cl)c1)[C@@H]1CCCNC1. The lowest BCUT2D eigenvalue weighted by atomic mass is 9.84. The molecule has 0 aromatic heterocycles. The standard InChI is InChI=1S/C35H49ClN4O6.C27H44N4O4.C18H28N2O2.C16H23ClN2O3/c1-39(35(43)46-25-27-13-7-4-8-14-27)24-31(21-26-11-5-3-6-12-26)38-33(41)40-19-10-16-29(23-40)32(28-15-9-17-30(36)22-28)45-20-18-37-34(42)44-2;1-28-19-24(18-21-10-5-3-6-11-21)30-26(32)31-16-9-14-23(20-31)25(22-12-7-4-8-13-22)35-17-15-29-27(33)34-2;1-20(13-17(19)12-15-8-4-2-5-9-15)18(21)22-14-16-10-6-3-7-11-16;1-21-16(20)19-8-9-22-15(13-5-3-7-18-11-13)12-4-2-6-14(17)10-12/h4,7-9,13-15,17,22,26,29,31-32H,3,5-6,10-12,16,18-21,23-25H2,1-2H3,(H,37,42)(H,38,41);4,7-8,12-13,21,23-25,28H,3,5-6,9-11,14-20H2,1-2H3,(H,29,33)(H,30,32);3,6-7,10-11,15,17H,2,4-5,8-9,12-14,19H2,1H3;2,4,6,10,13,15,18H,3,5,7-9,11H2,1H3,(H,19,20)/t29-,31+,32+;23-,24+,25+;17-;13-,15+/m1101/s1. The predicted molar refractivity (Wildman–Crippen MR) is 489 cm³/mol. The fraction of sp³-hybridized carbons (Fsp3) is 0.615. The van der Waals surface area contributed by atoms with Gasteiger partial charge in [-0.25, -0.2) is 33.6 Å². The molecule has 9 amide bonds. The maximum atomic E-state index is 13.8. The summed E-state index contributed by atoms with van der Waals surface area (Å²) in [4.78, 5) is 92.9. The van der Waals surface area contributed by atoms with E-state index in [2.05, 4.69) is 63.6 Å². The van der Waals surface area contributed by atoms with Crippen LogP contribution in [0.3, 0.4) is 0 Å². The smallest absolute Gasteiger partial charge is 0.409 e. The van der Waals surface area contributed by atoms with Crippen molar-refractivity contribution < 1.29 is 71.5 Å². The van der Waals surface area contributed by atoms with Crippen LogP contribution in [0.5, 0.6) is 0 Å². The molecule has 27 nitrogen and oxygen atoms in total. The van der Waals surface area contributed by atoms with Gasteiger partial charge in [0.05, 0.1) is 59.5 Å². The number of methoxy groups -OCH3 is 3. The molecule has 5 aromatic rings. The van der Waals surface area contributed by atoms with Gasteiger partial charge in [-0.15, -0.1) is 0 Å². The number of ether oxygens (including phenoxy) is 8. The highest BCUT2D eigenvalue weighted by atomic mass is 35.5. The molecule has 9 N–H and O–H groups in total. The van der Waals surface area contributed by atoms with Gasteiger partial charge in [-0.3, -0.25) is 0 Å². The molecule has 11 rings (SSSR count). The molecule has 0 bridgehead atoms. The third-order valence-corrected chi connectivity index (χ3v) is 24.8. The highest BCUT2D eigenvalue weighted by Crippen LogP contribution is 2.38. The van der Waals surface area contributed by atoms with E-state index in [0.717, 1.165) is 131 Å². The van der Waals surface area contributed by atoms with E-state index in [-0.39, 0.29) is 79.6 Å². The highest BCUT2D eigenvalue weighted by molar-refractivity contribution is 6.31. The highest BCUT2D eigenvalue weighted by Gasteiger charge is 2.36. The van der Waals surface area contributed by atoms with Crippen LogP contribution >= 0.6 is 23.2 Å². The van der Waals surface area contributed by atoms with Crippen LogP contribution in [0.2, 0.25) is 10.0 Å². The summed E-state index contributed by atoms with van der Waals surface area (Å²) < 4.78 is 43.3. The van der Waals surface area contributed by atoms with Crippen molar-refractivity contribution in [3.8, 4) is 0 Å². The Labute approximate surface area is 753 Å². The molecule has 6 fully saturated rings. The van der Waals surface area contributed by atoms with Gasteiger partial charge in [0, 0.05) is 132 Å². The maximum absolute atomic E-state index is 13.8. The molecule has 3 saturated heterocycles. The van der Waals surface area contributed by atoms with Crippen molar-refractivity contribution in [3.05, 3.63) is 177 Å². The fourth-order valence-electron chi connectivity index (χ4n) is 18.0. The van der Waals surface area contributed by atoms with Crippen LogP contribution in [-0.2, 0) is 51.1 Å². The largest absolute Gasteiger partial charge is 0.453 e. The van der Waals surface area contributed by atoms with Gasteiger partial charge in [0.2, 0.25) is 0 Å². The summed E-state index contributed by atoms with van der Waals surface area (Å²) in [7, 11) is 9.45. The normalized spacial score (nSPS) is 18.9. The third kappa shape index (κ3) is 38.8. The molecule has 3 aliphatic carbocycles. The minimum absolute atomic E-state index is 0.0223. The quantitative estimate of drug-likeness (QED) is 0.0136. The van der Waals surface area contributed by atoms with Gasteiger partial charge >= 0.3 is 42.5 Å². The number of hydrogen-bond acceptors (Lipinski definition) is 18. The van der Waals surface area contributed by atoms with E-state index in [1.54, 1.807) is 23.9 Å². The van der Waals surface area contributed by atoms with Crippen molar-refractivity contribution in [1.29, 1.82) is 0 Å². The van der Waals surface area contributed by atoms with Gasteiger partial charge in [-0.2, -0.15) is 0 Å². The number of halogens is 2. The van der Waals surface area contributed by atoms with Crippen molar-refractivity contribution in [2.24, 2.45) is 41.2 Å². The Hall–Kier alpha value is -8.67. The monoisotopic (exact) mass is 1780 g/mol. The maximum Gasteiger partial charge on any atom is 0.409 e. The molecule has 3 saturated carbocycles. The Morgan fingerprint density at radius 2 is 0.840 bits per heavy atom. The van der Waals surface area contributed by atoms with Crippen molar-refractivity contribution >= 4 is 65.7 Å². The Morgan fingerprint density at radius 3 is 1.26 bits per heavy atom. The number of alkyl carbamates (subject to hydrolysis) is 3. The van der Waals surface area contributed by atoms with E-state index >= 15 is 0 Å². The van der Waals surface area contributed by atoms with Crippen LogP contribution in [0, 0.1) is 35.5 Å². The lowest BCUT2D eigenvalue weighted by molar-refractivity contribution is -0.00875. The summed E-state index contributed by atoms with van der Waals surface area (Å²) in [5.41, 5.74) is 11.2. The number of carbonyl (C=O) groups excluding carboxylic acids is 7. The summed E-state index contributed by atoms with van der Waals surface area (Å²) in [6.45, 7) is 8.99. The second-order valence-corrected chi connectivity index (χ2v) is 35.0. The number of urea groups is 2. The van der Waals surface area contributed by atoms with Crippen molar-refractivity contribution in [2.45, 2.75) is 204 Å². The van der Waals surface area contributed by atoms with Crippen molar-refractivity contribution in [1.82, 2.24) is 56.8 Å². The van der Waals surface area contributed by atoms with Gasteiger partial charge in [0.1, 0.15) is 13.2 Å². The van der Waals surface area contributed by atoms with Crippen molar-refractivity contribution in [3.63, 3.8) is 0 Å². The zero-order valence-electron chi connectivity index (χ0n) is 74.9. The van der Waals surface area contributed by atoms with Gasteiger partial charge in [-0.1, -0.05) is 235 Å². The number of benzene rings is 5. The van der Waals surface area contributed by atoms with Crippen LogP contribution < -0.4 is 43.0 Å². The number of amides is 9. The number of rotatable bonds is 36. The first-order chi connectivity index (χ1) is 60.8. The van der Waals surface area contributed by atoms with Crippen LogP contribution in [0.25, 0.3) is 0 Å². The van der Waals surface area contributed by atoms with Gasteiger partial charge in [0.15, 0.2) is 0 Å². The molecule has 3 heterocycles. The van der Waals surface area contributed by atoms with Crippen molar-refractivity contribution in [2.75, 3.05) is 141 Å². The number of nitrogens with one attached hydrogen (secondary N) is 7. The minimum atomic E-state index is -0.513. The first-order valence-electron chi connectivity index (χ1n) is 45.7. The molecular weight excluding hydrogens is 1630 g/mol. The second-order valence-electron chi connectivity index (χ2n) is 34.1. The summed E-state index contributed by atoms with van der Waals surface area (Å²) in [5, 5.41) is 22.6. The van der Waals surface area contributed by atoms with E-state index in [1.165, 1.54) is 105 Å². The average molecular weight is 1780 g/mol. The molecular formula is C96H144Cl2N12O15. The molecule has 0 spiro atoms. The second kappa shape index (κ2) is 58.6. The Balaban J connectivity index is 0.000000217. The summed E-state index contributed by atoms with van der Waals surface area (Å²) >= 11 is 12.4. The Bertz CT molecular complexity index is 3870. The van der Waals surface area contributed by atoms with E-state index in [9.17, 15) is 33.6 Å². The summed E-state index contributed by atoms with van der Waals surface area (Å²) in [6, 6.07) is 44.8. The van der Waals surface area contributed by atoms with Crippen LogP contribution in [0.1, 0.15) is 200 Å². The minimum Gasteiger partial charge on any atom is -0.453 e. The number of nitrogens with two attached hydrogens (primary N) is 1. The third-order valence-electron chi connectivity index (χ3n) is 24.3. The topological polar surface area (TPSA) is 317 Å². The summed E-state index contributed by atoms with van der Waals surface area (Å²) in [6.07, 6.45) is 25.3. The zero-order chi connectivity index (χ0) is 89.2. The predicted octanol–water partition coefficient (Wildman–Crippen LogP) is 17.2. The summed E-state index contributed by atoms with van der Waals surface area (Å²) in [5.74, 6) is 2.59. The molecule has 0 radical (unpaired) electrons. The van der Waals surface area contributed by atoms with Gasteiger partial charge in [-0.05, 0) is 141 Å². The van der Waals surface area contributed by atoms with E-state index in [0.29, 0.717) is 100.0 Å². The Morgan fingerprint density at radius 1 is 0.456 bits per heavy atom. The molecule has 125 heavy (non-hydrogen) atoms. The molecule has 3 aliphatic heterocycles. The lowest BCUT2D eigenvalue weighted by Gasteiger charge is -2.38.